The van der Waals surface area contributed by atoms with Crippen molar-refractivity contribution < 1.29 is 9.53 Å². The number of hydrogen-bond donors (Lipinski definition) is 0. The van der Waals surface area contributed by atoms with E-state index in [-0.39, 0.29) is 18.1 Å². The van der Waals surface area contributed by atoms with Crippen LogP contribution in [0.25, 0.3) is 5.69 Å². The van der Waals surface area contributed by atoms with E-state index in [4.69, 9.17) is 4.74 Å². The van der Waals surface area contributed by atoms with Crippen molar-refractivity contribution in [2.24, 2.45) is 0 Å². The molecule has 8 nitrogen and oxygen atoms in total. The lowest BCUT2D eigenvalue weighted by Gasteiger charge is -2.42. The van der Waals surface area contributed by atoms with E-state index in [1.807, 2.05) is 61.5 Å². The number of carbonyl (C=O) groups is 1. The Kier molecular flexibility index (Phi) is 5.64. The van der Waals surface area contributed by atoms with Gasteiger partial charge in [0.1, 0.15) is 6.33 Å². The number of benzene rings is 2. The number of nitrogens with zero attached hydrogens (tertiary/aromatic N) is 6. The first-order valence-electron chi connectivity index (χ1n) is 9.59. The summed E-state index contributed by atoms with van der Waals surface area (Å²) < 4.78 is 7.64. The number of ether oxygens (including phenoxy) is 1. The van der Waals surface area contributed by atoms with Crippen LogP contribution in [0.2, 0.25) is 0 Å². The molecule has 29 heavy (non-hydrogen) atoms. The summed E-state index contributed by atoms with van der Waals surface area (Å²) in [7, 11) is 4.04. The molecule has 0 saturated carbocycles. The highest BCUT2D eigenvalue weighted by molar-refractivity contribution is 5.94. The average Bonchev–Trinajstić information content (AvgIpc) is 3.28. The molecule has 2 heterocycles. The van der Waals surface area contributed by atoms with Crippen LogP contribution in [0.5, 0.6) is 0 Å². The van der Waals surface area contributed by atoms with E-state index in [9.17, 15) is 4.79 Å². The van der Waals surface area contributed by atoms with Gasteiger partial charge in [-0.25, -0.2) is 4.68 Å². The summed E-state index contributed by atoms with van der Waals surface area (Å²) in [4.78, 5) is 17.4. The standard InChI is InChI=1S/C21H24N6O2/c1-25(2)14-19-20(16-6-4-3-5-7-16)26(12-13-29-19)21(28)17-8-10-18(11-9-17)27-15-22-23-24-27/h3-11,15,19-20H,12-14H2,1-2H3/t19-,20-/m0/s1. The van der Waals surface area contributed by atoms with Crippen LogP contribution in [0, 0.1) is 0 Å². The molecule has 2 aromatic carbocycles. The Bertz CT molecular complexity index is 928. The van der Waals surface area contributed by atoms with Gasteiger partial charge in [0.25, 0.3) is 5.91 Å². The molecule has 0 N–H and O–H groups in total. The van der Waals surface area contributed by atoms with E-state index >= 15 is 0 Å². The molecule has 0 spiro atoms. The van der Waals surface area contributed by atoms with Crippen molar-refractivity contribution in [2.75, 3.05) is 33.8 Å². The first-order chi connectivity index (χ1) is 14.1. The minimum atomic E-state index is -0.140. The second kappa shape index (κ2) is 8.50. The lowest BCUT2D eigenvalue weighted by molar-refractivity contribution is -0.0684. The SMILES string of the molecule is CN(C)C[C@@H]1OCCN(C(=O)c2ccc(-n3cnnn3)cc2)[C@H]1c1ccccc1. The van der Waals surface area contributed by atoms with E-state index in [1.165, 1.54) is 6.33 Å². The molecule has 1 aromatic heterocycles. The predicted octanol–water partition coefficient (Wildman–Crippen LogP) is 1.81. The van der Waals surface area contributed by atoms with Crippen LogP contribution in [0.4, 0.5) is 0 Å². The van der Waals surface area contributed by atoms with Crippen molar-refractivity contribution >= 4 is 5.91 Å². The van der Waals surface area contributed by atoms with E-state index in [0.717, 1.165) is 17.8 Å². The molecule has 0 unspecified atom stereocenters. The lowest BCUT2D eigenvalue weighted by atomic mass is 9.96. The van der Waals surface area contributed by atoms with Crippen molar-refractivity contribution in [1.29, 1.82) is 0 Å². The van der Waals surface area contributed by atoms with Crippen LogP contribution in [-0.4, -0.2) is 75.8 Å². The molecule has 8 heteroatoms. The summed E-state index contributed by atoms with van der Waals surface area (Å²) in [5.41, 5.74) is 2.52. The van der Waals surface area contributed by atoms with Crippen LogP contribution < -0.4 is 0 Å². The lowest BCUT2D eigenvalue weighted by Crippen LogP contribution is -2.51. The summed E-state index contributed by atoms with van der Waals surface area (Å²) in [6.45, 7) is 1.81. The number of tetrazole rings is 1. The second-order valence-electron chi connectivity index (χ2n) is 7.33. The first-order valence-corrected chi connectivity index (χ1v) is 9.59. The molecule has 1 aliphatic rings. The van der Waals surface area contributed by atoms with Crippen LogP contribution in [-0.2, 0) is 4.74 Å². The van der Waals surface area contributed by atoms with Crippen molar-refractivity contribution in [2.45, 2.75) is 12.1 Å². The third-order valence-corrected chi connectivity index (χ3v) is 5.03. The molecule has 1 saturated heterocycles. The zero-order chi connectivity index (χ0) is 20.2. The second-order valence-corrected chi connectivity index (χ2v) is 7.33. The van der Waals surface area contributed by atoms with Gasteiger partial charge in [-0.1, -0.05) is 30.3 Å². The molecular formula is C21H24N6O2. The Hall–Kier alpha value is -3.10. The van der Waals surface area contributed by atoms with E-state index in [1.54, 1.807) is 4.68 Å². The highest BCUT2D eigenvalue weighted by Crippen LogP contribution is 2.31. The smallest absolute Gasteiger partial charge is 0.254 e. The maximum Gasteiger partial charge on any atom is 0.254 e. The summed E-state index contributed by atoms with van der Waals surface area (Å²) in [5.74, 6) is -0.00539. The molecule has 2 atom stereocenters. The Balaban J connectivity index is 1.62. The van der Waals surface area contributed by atoms with Crippen molar-refractivity contribution in [3.63, 3.8) is 0 Å². The fourth-order valence-electron chi connectivity index (χ4n) is 3.72. The molecule has 0 bridgehead atoms. The van der Waals surface area contributed by atoms with Gasteiger partial charge in [-0.2, -0.15) is 0 Å². The van der Waals surface area contributed by atoms with Gasteiger partial charge in [-0.05, 0) is 54.4 Å². The maximum atomic E-state index is 13.4. The average molecular weight is 392 g/mol. The van der Waals surface area contributed by atoms with Crippen LogP contribution in [0.1, 0.15) is 22.0 Å². The normalized spacial score (nSPS) is 19.5. The molecule has 1 aliphatic heterocycles. The highest BCUT2D eigenvalue weighted by atomic mass is 16.5. The number of carbonyl (C=O) groups excluding carboxylic acids is 1. The number of morpholine rings is 1. The highest BCUT2D eigenvalue weighted by Gasteiger charge is 2.36. The van der Waals surface area contributed by atoms with Gasteiger partial charge < -0.3 is 14.5 Å². The fourth-order valence-corrected chi connectivity index (χ4v) is 3.72. The molecule has 4 rings (SSSR count). The third kappa shape index (κ3) is 4.18. The molecular weight excluding hydrogens is 368 g/mol. The number of rotatable bonds is 5. The molecule has 1 amide bonds. The van der Waals surface area contributed by atoms with Gasteiger partial charge in [0.15, 0.2) is 0 Å². The summed E-state index contributed by atoms with van der Waals surface area (Å²) in [5, 5.41) is 11.2. The zero-order valence-electron chi connectivity index (χ0n) is 16.5. The predicted molar refractivity (Wildman–Crippen MR) is 108 cm³/mol. The number of amides is 1. The largest absolute Gasteiger partial charge is 0.373 e. The topological polar surface area (TPSA) is 76.4 Å². The van der Waals surface area contributed by atoms with Crippen LogP contribution in [0.3, 0.4) is 0 Å². The summed E-state index contributed by atoms with van der Waals surface area (Å²) in [6, 6.07) is 17.3. The minimum Gasteiger partial charge on any atom is -0.373 e. The van der Waals surface area contributed by atoms with Gasteiger partial charge in [0.05, 0.1) is 24.4 Å². The molecule has 1 fully saturated rings. The number of aromatic nitrogens is 4. The van der Waals surface area contributed by atoms with E-state index < -0.39 is 0 Å². The van der Waals surface area contributed by atoms with Gasteiger partial charge in [-0.3, -0.25) is 4.79 Å². The van der Waals surface area contributed by atoms with Gasteiger partial charge >= 0.3 is 0 Å². The summed E-state index contributed by atoms with van der Waals surface area (Å²) in [6.07, 6.45) is 1.43. The molecule has 0 radical (unpaired) electrons. The van der Waals surface area contributed by atoms with Crippen molar-refractivity contribution in [3.05, 3.63) is 72.1 Å². The van der Waals surface area contributed by atoms with Crippen LogP contribution in [0.15, 0.2) is 60.9 Å². The molecule has 3 aromatic rings. The van der Waals surface area contributed by atoms with E-state index in [0.29, 0.717) is 18.7 Å². The molecule has 0 aliphatic carbocycles. The van der Waals surface area contributed by atoms with Gasteiger partial charge in [0.2, 0.25) is 0 Å². The quantitative estimate of drug-likeness (QED) is 0.659. The Labute approximate surface area is 169 Å². The van der Waals surface area contributed by atoms with Crippen LogP contribution >= 0.6 is 0 Å². The van der Waals surface area contributed by atoms with Crippen molar-refractivity contribution in [1.82, 2.24) is 30.0 Å². The number of hydrogen-bond acceptors (Lipinski definition) is 6. The minimum absolute atomic E-state index is 0.00539. The Morgan fingerprint density at radius 2 is 1.90 bits per heavy atom. The third-order valence-electron chi connectivity index (χ3n) is 5.03. The Morgan fingerprint density at radius 1 is 1.14 bits per heavy atom. The molecule has 150 valence electrons. The Morgan fingerprint density at radius 3 is 2.55 bits per heavy atom. The fraction of sp³-hybridized carbons (Fsp3) is 0.333. The zero-order valence-corrected chi connectivity index (χ0v) is 16.5. The monoisotopic (exact) mass is 392 g/mol. The van der Waals surface area contributed by atoms with E-state index in [2.05, 4.69) is 32.6 Å². The van der Waals surface area contributed by atoms with Gasteiger partial charge in [-0.15, -0.1) is 5.10 Å². The maximum absolute atomic E-state index is 13.4. The first kappa shape index (κ1) is 19.2. The number of likely N-dealkylation sites (N-methyl/N-ethyl adjacent to an activating group) is 1. The van der Waals surface area contributed by atoms with Gasteiger partial charge in [0, 0.05) is 18.7 Å². The summed E-state index contributed by atoms with van der Waals surface area (Å²) >= 11 is 0. The van der Waals surface area contributed by atoms with Crippen molar-refractivity contribution in [3.8, 4) is 5.69 Å².